The summed E-state index contributed by atoms with van der Waals surface area (Å²) in [6.45, 7) is 0. The van der Waals surface area contributed by atoms with Gasteiger partial charge in [-0.25, -0.2) is 4.98 Å². The standard InChI is InChI=1S/C21H15ClN2O2/c22-16-7-5-14(6-8-16)11-21-24-18-12-17(9-10-20(18)26-21)23-13-15-3-1-2-4-19(15)25/h1-10,12-13,25H,11H2. The van der Waals surface area contributed by atoms with Crippen molar-refractivity contribution in [2.75, 3.05) is 0 Å². The molecule has 0 aliphatic rings. The SMILES string of the molecule is Oc1ccccc1C=Nc1ccc2oc(Cc3ccc(Cl)cc3)nc2c1. The van der Waals surface area contributed by atoms with Gasteiger partial charge >= 0.3 is 0 Å². The molecule has 4 rings (SSSR count). The number of hydrogen-bond donors (Lipinski definition) is 1. The number of para-hydroxylation sites is 1. The molecule has 1 heterocycles. The molecule has 0 fully saturated rings. The van der Waals surface area contributed by atoms with Crippen LogP contribution < -0.4 is 0 Å². The van der Waals surface area contributed by atoms with Gasteiger partial charge in [0, 0.05) is 23.2 Å². The Morgan fingerprint density at radius 3 is 2.65 bits per heavy atom. The number of hydrogen-bond acceptors (Lipinski definition) is 4. The monoisotopic (exact) mass is 362 g/mol. The second-order valence-electron chi connectivity index (χ2n) is 5.88. The minimum Gasteiger partial charge on any atom is -0.507 e. The summed E-state index contributed by atoms with van der Waals surface area (Å²) in [5.74, 6) is 0.841. The van der Waals surface area contributed by atoms with Crippen LogP contribution in [0.15, 0.2) is 76.1 Å². The van der Waals surface area contributed by atoms with Gasteiger partial charge in [-0.2, -0.15) is 0 Å². The van der Waals surface area contributed by atoms with E-state index in [1.807, 2.05) is 48.5 Å². The van der Waals surface area contributed by atoms with Crippen molar-refractivity contribution in [3.05, 3.63) is 88.8 Å². The minimum absolute atomic E-state index is 0.198. The average Bonchev–Trinajstić information content (AvgIpc) is 3.04. The molecule has 0 bridgehead atoms. The summed E-state index contributed by atoms with van der Waals surface area (Å²) in [5.41, 5.74) is 3.96. The van der Waals surface area contributed by atoms with Gasteiger partial charge in [-0.3, -0.25) is 4.99 Å². The Hall–Kier alpha value is -3.11. The van der Waals surface area contributed by atoms with E-state index in [-0.39, 0.29) is 5.75 Å². The van der Waals surface area contributed by atoms with Crippen molar-refractivity contribution in [2.45, 2.75) is 6.42 Å². The number of phenols is 1. The van der Waals surface area contributed by atoms with Crippen molar-refractivity contribution in [1.29, 1.82) is 0 Å². The number of nitrogens with zero attached hydrogens (tertiary/aromatic N) is 2. The van der Waals surface area contributed by atoms with E-state index >= 15 is 0 Å². The maximum atomic E-state index is 9.79. The number of rotatable bonds is 4. The van der Waals surface area contributed by atoms with E-state index < -0.39 is 0 Å². The number of aliphatic imine (C=N–C) groups is 1. The summed E-state index contributed by atoms with van der Waals surface area (Å²) in [6.07, 6.45) is 2.23. The highest BCUT2D eigenvalue weighted by Crippen LogP contribution is 2.24. The predicted octanol–water partition coefficient (Wildman–Crippen LogP) is 5.53. The molecule has 128 valence electrons. The van der Waals surface area contributed by atoms with Gasteiger partial charge in [-0.15, -0.1) is 0 Å². The second-order valence-corrected chi connectivity index (χ2v) is 6.32. The molecule has 3 aromatic carbocycles. The van der Waals surface area contributed by atoms with Crippen LogP contribution in [-0.4, -0.2) is 16.3 Å². The van der Waals surface area contributed by atoms with Crippen LogP contribution in [0.3, 0.4) is 0 Å². The molecule has 0 saturated carbocycles. The molecule has 0 saturated heterocycles. The van der Waals surface area contributed by atoms with Gasteiger partial charge in [0.2, 0.25) is 0 Å². The van der Waals surface area contributed by atoms with E-state index in [2.05, 4.69) is 9.98 Å². The van der Waals surface area contributed by atoms with Crippen LogP contribution in [0, 0.1) is 0 Å². The van der Waals surface area contributed by atoms with Gasteiger partial charge in [-0.1, -0.05) is 35.9 Å². The Labute approximate surface area is 155 Å². The van der Waals surface area contributed by atoms with Crippen molar-refractivity contribution < 1.29 is 9.52 Å². The molecule has 1 N–H and O–H groups in total. The van der Waals surface area contributed by atoms with Gasteiger partial charge in [0.05, 0.1) is 5.69 Å². The zero-order valence-electron chi connectivity index (χ0n) is 13.8. The lowest BCUT2D eigenvalue weighted by Gasteiger charge is -1.97. The van der Waals surface area contributed by atoms with E-state index in [9.17, 15) is 5.11 Å². The Balaban J connectivity index is 1.57. The summed E-state index contributed by atoms with van der Waals surface area (Å²) < 4.78 is 5.80. The van der Waals surface area contributed by atoms with Gasteiger partial charge < -0.3 is 9.52 Å². The highest BCUT2D eigenvalue weighted by atomic mass is 35.5. The molecule has 0 amide bonds. The third kappa shape index (κ3) is 3.60. The smallest absolute Gasteiger partial charge is 0.199 e. The summed E-state index contributed by atoms with van der Waals surface area (Å²) in [6, 6.07) is 20.3. The molecule has 4 nitrogen and oxygen atoms in total. The quantitative estimate of drug-likeness (QED) is 0.486. The summed E-state index contributed by atoms with van der Waals surface area (Å²) >= 11 is 5.91. The van der Waals surface area contributed by atoms with E-state index in [0.29, 0.717) is 22.9 Å². The second kappa shape index (κ2) is 7.02. The highest BCUT2D eigenvalue weighted by Gasteiger charge is 2.07. The summed E-state index contributed by atoms with van der Waals surface area (Å²) in [5, 5.41) is 10.5. The molecule has 0 radical (unpaired) electrons. The highest BCUT2D eigenvalue weighted by molar-refractivity contribution is 6.30. The first kappa shape index (κ1) is 16.4. The zero-order valence-corrected chi connectivity index (χ0v) is 14.5. The van der Waals surface area contributed by atoms with Gasteiger partial charge in [0.15, 0.2) is 11.5 Å². The summed E-state index contributed by atoms with van der Waals surface area (Å²) in [4.78, 5) is 8.95. The lowest BCUT2D eigenvalue weighted by molar-refractivity contribution is 0.474. The summed E-state index contributed by atoms with van der Waals surface area (Å²) in [7, 11) is 0. The zero-order chi connectivity index (χ0) is 17.9. The van der Waals surface area contributed by atoms with Crippen LogP contribution in [-0.2, 0) is 6.42 Å². The Morgan fingerprint density at radius 1 is 1.04 bits per heavy atom. The molecule has 0 unspecified atom stereocenters. The first-order chi connectivity index (χ1) is 12.7. The van der Waals surface area contributed by atoms with Crippen LogP contribution in [0.1, 0.15) is 17.0 Å². The lowest BCUT2D eigenvalue weighted by atomic mass is 10.1. The number of aromatic hydroxyl groups is 1. The third-order valence-electron chi connectivity index (χ3n) is 3.97. The normalized spacial score (nSPS) is 11.4. The number of fused-ring (bicyclic) bond motifs is 1. The molecule has 5 heteroatoms. The minimum atomic E-state index is 0.198. The molecule has 0 atom stereocenters. The first-order valence-corrected chi connectivity index (χ1v) is 8.51. The predicted molar refractivity (Wildman–Crippen MR) is 104 cm³/mol. The molecular formula is C21H15ClN2O2. The number of phenolic OH excluding ortho intramolecular Hbond substituents is 1. The fourth-order valence-electron chi connectivity index (χ4n) is 2.64. The fraction of sp³-hybridized carbons (Fsp3) is 0.0476. The molecule has 1 aromatic heterocycles. The molecular weight excluding hydrogens is 348 g/mol. The van der Waals surface area contributed by atoms with Crippen molar-refractivity contribution in [1.82, 2.24) is 4.98 Å². The van der Waals surface area contributed by atoms with Crippen LogP contribution >= 0.6 is 11.6 Å². The van der Waals surface area contributed by atoms with E-state index in [0.717, 1.165) is 22.4 Å². The van der Waals surface area contributed by atoms with Crippen LogP contribution in [0.25, 0.3) is 11.1 Å². The molecule has 26 heavy (non-hydrogen) atoms. The Kier molecular flexibility index (Phi) is 4.42. The van der Waals surface area contributed by atoms with Gasteiger partial charge in [0.25, 0.3) is 0 Å². The van der Waals surface area contributed by atoms with E-state index in [1.165, 1.54) is 0 Å². The van der Waals surface area contributed by atoms with Crippen LogP contribution in [0.5, 0.6) is 5.75 Å². The number of oxazole rings is 1. The molecule has 0 aliphatic carbocycles. The third-order valence-corrected chi connectivity index (χ3v) is 4.23. The van der Waals surface area contributed by atoms with Crippen molar-refractivity contribution >= 4 is 34.6 Å². The Bertz CT molecular complexity index is 1080. The largest absolute Gasteiger partial charge is 0.507 e. The van der Waals surface area contributed by atoms with Gasteiger partial charge in [0.1, 0.15) is 11.3 Å². The molecule has 4 aromatic rings. The van der Waals surface area contributed by atoms with Crippen molar-refractivity contribution in [3.8, 4) is 5.75 Å². The number of benzene rings is 3. The van der Waals surface area contributed by atoms with Crippen LogP contribution in [0.4, 0.5) is 5.69 Å². The first-order valence-electron chi connectivity index (χ1n) is 8.13. The molecule has 0 spiro atoms. The van der Waals surface area contributed by atoms with Crippen molar-refractivity contribution in [2.24, 2.45) is 4.99 Å². The lowest BCUT2D eigenvalue weighted by Crippen LogP contribution is -1.87. The maximum absolute atomic E-state index is 9.79. The van der Waals surface area contributed by atoms with E-state index in [4.69, 9.17) is 16.0 Å². The Morgan fingerprint density at radius 2 is 1.85 bits per heavy atom. The maximum Gasteiger partial charge on any atom is 0.199 e. The number of halogens is 1. The van der Waals surface area contributed by atoms with Crippen LogP contribution in [0.2, 0.25) is 5.02 Å². The van der Waals surface area contributed by atoms with E-state index in [1.54, 1.807) is 24.4 Å². The number of aromatic nitrogens is 1. The fourth-order valence-corrected chi connectivity index (χ4v) is 2.76. The van der Waals surface area contributed by atoms with Crippen molar-refractivity contribution in [3.63, 3.8) is 0 Å². The topological polar surface area (TPSA) is 58.6 Å². The molecule has 0 aliphatic heterocycles. The van der Waals surface area contributed by atoms with Gasteiger partial charge in [-0.05, 0) is 48.0 Å². The average molecular weight is 363 g/mol.